The van der Waals surface area contributed by atoms with Gasteiger partial charge in [0.25, 0.3) is 0 Å². The molecule has 1 N–H and O–H groups in total. The number of aliphatic hydroxyl groups is 1. The normalized spacial score (nSPS) is 26.5. The highest BCUT2D eigenvalue weighted by Gasteiger charge is 2.33. The zero-order chi connectivity index (χ0) is 15.5. The molecule has 2 rings (SSSR count). The Kier molecular flexibility index (Phi) is 5.15. The second-order valence-corrected chi connectivity index (χ2v) is 6.54. The van der Waals surface area contributed by atoms with Crippen LogP contribution in [-0.4, -0.2) is 19.3 Å². The van der Waals surface area contributed by atoms with Gasteiger partial charge in [-0.15, -0.1) is 0 Å². The van der Waals surface area contributed by atoms with Crippen LogP contribution in [0.3, 0.4) is 0 Å². The Morgan fingerprint density at radius 2 is 1.81 bits per heavy atom. The summed E-state index contributed by atoms with van der Waals surface area (Å²) in [6.45, 7) is 4.57. The van der Waals surface area contributed by atoms with Crippen molar-refractivity contribution in [3.63, 3.8) is 0 Å². The van der Waals surface area contributed by atoms with E-state index in [2.05, 4.69) is 13.8 Å². The second-order valence-electron chi connectivity index (χ2n) is 6.54. The van der Waals surface area contributed by atoms with E-state index in [1.54, 1.807) is 14.2 Å². The summed E-state index contributed by atoms with van der Waals surface area (Å²) in [5.41, 5.74) is 0.216. The Morgan fingerprint density at radius 3 is 2.43 bits per heavy atom. The lowest BCUT2D eigenvalue weighted by molar-refractivity contribution is 0.0189. The fourth-order valence-electron chi connectivity index (χ4n) is 3.43. The lowest BCUT2D eigenvalue weighted by Crippen LogP contribution is -2.25. The third-order valence-electron chi connectivity index (χ3n) is 4.96. The minimum absolute atomic E-state index is 0.688. The summed E-state index contributed by atoms with van der Waals surface area (Å²) in [6.07, 6.45) is 5.03. The van der Waals surface area contributed by atoms with Crippen LogP contribution in [0, 0.1) is 11.8 Å². The molecule has 0 saturated heterocycles. The van der Waals surface area contributed by atoms with Gasteiger partial charge in [-0.05, 0) is 55.2 Å². The molecule has 0 heterocycles. The molecule has 1 aromatic rings. The molecular weight excluding hydrogens is 264 g/mol. The highest BCUT2D eigenvalue weighted by molar-refractivity contribution is 5.44. The maximum Gasteiger partial charge on any atom is 0.161 e. The molecule has 0 amide bonds. The summed E-state index contributed by atoms with van der Waals surface area (Å²) in [7, 11) is 3.26. The lowest BCUT2D eigenvalue weighted by atomic mass is 9.84. The minimum atomic E-state index is -0.733. The third-order valence-corrected chi connectivity index (χ3v) is 4.96. The number of benzene rings is 1. The van der Waals surface area contributed by atoms with E-state index in [1.165, 1.54) is 6.42 Å². The SMILES string of the molecule is COc1ccc(C2(O)CCCC(C(C)C)CC2)cc1OC. The number of hydrogen-bond donors (Lipinski definition) is 1. The van der Waals surface area contributed by atoms with Crippen molar-refractivity contribution in [2.75, 3.05) is 14.2 Å². The molecule has 2 atom stereocenters. The van der Waals surface area contributed by atoms with Crippen LogP contribution in [-0.2, 0) is 5.60 Å². The van der Waals surface area contributed by atoms with Gasteiger partial charge < -0.3 is 14.6 Å². The summed E-state index contributed by atoms with van der Waals surface area (Å²) >= 11 is 0. The minimum Gasteiger partial charge on any atom is -0.493 e. The fraction of sp³-hybridized carbons (Fsp3) is 0.667. The Bertz CT molecular complexity index is 470. The second kappa shape index (κ2) is 6.69. The summed E-state index contributed by atoms with van der Waals surface area (Å²) in [6, 6.07) is 5.78. The lowest BCUT2D eigenvalue weighted by Gasteiger charge is -2.28. The van der Waals surface area contributed by atoms with Gasteiger partial charge in [0, 0.05) is 0 Å². The van der Waals surface area contributed by atoms with Gasteiger partial charge in [-0.3, -0.25) is 0 Å². The third kappa shape index (κ3) is 3.52. The van der Waals surface area contributed by atoms with Crippen LogP contribution in [0.15, 0.2) is 18.2 Å². The molecule has 1 saturated carbocycles. The van der Waals surface area contributed by atoms with E-state index in [4.69, 9.17) is 9.47 Å². The van der Waals surface area contributed by atoms with Gasteiger partial charge in [-0.25, -0.2) is 0 Å². The van der Waals surface area contributed by atoms with Crippen LogP contribution in [0.4, 0.5) is 0 Å². The molecule has 3 heteroatoms. The molecule has 0 bridgehead atoms. The molecular formula is C18H28O3. The van der Waals surface area contributed by atoms with E-state index in [0.29, 0.717) is 17.4 Å². The van der Waals surface area contributed by atoms with E-state index >= 15 is 0 Å². The van der Waals surface area contributed by atoms with Crippen LogP contribution in [0.25, 0.3) is 0 Å². The summed E-state index contributed by atoms with van der Waals surface area (Å²) in [5, 5.41) is 11.1. The summed E-state index contributed by atoms with van der Waals surface area (Å²) in [4.78, 5) is 0. The quantitative estimate of drug-likeness (QED) is 0.848. The van der Waals surface area contributed by atoms with Gasteiger partial charge in [0.2, 0.25) is 0 Å². The van der Waals surface area contributed by atoms with Gasteiger partial charge in [0.1, 0.15) is 0 Å². The first-order valence-corrected chi connectivity index (χ1v) is 7.95. The van der Waals surface area contributed by atoms with Crippen LogP contribution >= 0.6 is 0 Å². The molecule has 0 spiro atoms. The Morgan fingerprint density at radius 1 is 1.10 bits per heavy atom. The first kappa shape index (κ1) is 16.2. The van der Waals surface area contributed by atoms with Crippen molar-refractivity contribution in [3.05, 3.63) is 23.8 Å². The molecule has 1 fully saturated rings. The summed E-state index contributed by atoms with van der Waals surface area (Å²) < 4.78 is 10.6. The topological polar surface area (TPSA) is 38.7 Å². The molecule has 1 aromatic carbocycles. The molecule has 0 aliphatic heterocycles. The zero-order valence-corrected chi connectivity index (χ0v) is 13.7. The number of ether oxygens (including phenoxy) is 2. The van der Waals surface area contributed by atoms with Crippen molar-refractivity contribution in [1.82, 2.24) is 0 Å². The van der Waals surface area contributed by atoms with Crippen molar-refractivity contribution in [2.24, 2.45) is 11.8 Å². The Labute approximate surface area is 128 Å². The van der Waals surface area contributed by atoms with Gasteiger partial charge in [-0.1, -0.05) is 26.3 Å². The molecule has 0 aromatic heterocycles. The largest absolute Gasteiger partial charge is 0.493 e. The predicted molar refractivity (Wildman–Crippen MR) is 84.9 cm³/mol. The number of hydrogen-bond acceptors (Lipinski definition) is 3. The van der Waals surface area contributed by atoms with Crippen molar-refractivity contribution >= 4 is 0 Å². The molecule has 2 unspecified atom stereocenters. The van der Waals surface area contributed by atoms with E-state index in [-0.39, 0.29) is 0 Å². The monoisotopic (exact) mass is 292 g/mol. The maximum absolute atomic E-state index is 11.1. The van der Waals surface area contributed by atoms with Gasteiger partial charge >= 0.3 is 0 Å². The predicted octanol–water partition coefficient (Wildman–Crippen LogP) is 4.13. The smallest absolute Gasteiger partial charge is 0.161 e. The van der Waals surface area contributed by atoms with Crippen LogP contribution < -0.4 is 9.47 Å². The zero-order valence-electron chi connectivity index (χ0n) is 13.7. The van der Waals surface area contributed by atoms with Crippen LogP contribution in [0.1, 0.15) is 51.5 Å². The van der Waals surface area contributed by atoms with Gasteiger partial charge in [-0.2, -0.15) is 0 Å². The number of rotatable bonds is 4. The Balaban J connectivity index is 2.23. The van der Waals surface area contributed by atoms with E-state index in [9.17, 15) is 5.11 Å². The van der Waals surface area contributed by atoms with E-state index < -0.39 is 5.60 Å². The van der Waals surface area contributed by atoms with Gasteiger partial charge in [0.15, 0.2) is 11.5 Å². The van der Waals surface area contributed by atoms with Crippen molar-refractivity contribution in [1.29, 1.82) is 0 Å². The van der Waals surface area contributed by atoms with Crippen LogP contribution in [0.2, 0.25) is 0 Å². The molecule has 0 radical (unpaired) electrons. The highest BCUT2D eigenvalue weighted by atomic mass is 16.5. The maximum atomic E-state index is 11.1. The number of methoxy groups -OCH3 is 2. The molecule has 21 heavy (non-hydrogen) atoms. The molecule has 1 aliphatic carbocycles. The highest BCUT2D eigenvalue weighted by Crippen LogP contribution is 2.42. The van der Waals surface area contributed by atoms with Crippen molar-refractivity contribution in [2.45, 2.75) is 51.6 Å². The Hall–Kier alpha value is -1.22. The average Bonchev–Trinajstić information content (AvgIpc) is 2.69. The fourth-order valence-corrected chi connectivity index (χ4v) is 3.43. The average molecular weight is 292 g/mol. The van der Waals surface area contributed by atoms with Crippen molar-refractivity contribution < 1.29 is 14.6 Å². The first-order chi connectivity index (χ1) is 10.00. The summed E-state index contributed by atoms with van der Waals surface area (Å²) in [5.74, 6) is 2.81. The first-order valence-electron chi connectivity index (χ1n) is 7.95. The molecule has 3 nitrogen and oxygen atoms in total. The van der Waals surface area contributed by atoms with E-state index in [0.717, 1.165) is 37.2 Å². The standard InChI is InChI=1S/C18H28O3/c1-13(2)14-6-5-10-18(19,11-9-14)15-7-8-16(20-3)17(12-15)21-4/h7-8,12-14,19H,5-6,9-11H2,1-4H3. The van der Waals surface area contributed by atoms with Crippen molar-refractivity contribution in [3.8, 4) is 11.5 Å². The van der Waals surface area contributed by atoms with Crippen LogP contribution in [0.5, 0.6) is 11.5 Å². The molecule has 1 aliphatic rings. The molecule has 118 valence electrons. The van der Waals surface area contributed by atoms with Gasteiger partial charge in [0.05, 0.1) is 19.8 Å². The van der Waals surface area contributed by atoms with E-state index in [1.807, 2.05) is 18.2 Å².